The van der Waals surface area contributed by atoms with E-state index in [9.17, 15) is 8.42 Å². The van der Waals surface area contributed by atoms with E-state index in [0.717, 1.165) is 47.3 Å². The number of likely N-dealkylation sites (tertiary alicyclic amines) is 1. The van der Waals surface area contributed by atoms with E-state index in [0.29, 0.717) is 17.2 Å². The van der Waals surface area contributed by atoms with Crippen LogP contribution in [0.5, 0.6) is 0 Å². The Balaban J connectivity index is 1.23. The van der Waals surface area contributed by atoms with Gasteiger partial charge in [0.25, 0.3) is 0 Å². The minimum absolute atomic E-state index is 0.494. The molecule has 0 unspecified atom stereocenters. The van der Waals surface area contributed by atoms with Gasteiger partial charge in [-0.05, 0) is 75.2 Å². The summed E-state index contributed by atoms with van der Waals surface area (Å²) < 4.78 is 25.8. The highest BCUT2D eigenvalue weighted by atomic mass is 32.2. The van der Waals surface area contributed by atoms with Gasteiger partial charge < -0.3 is 14.8 Å². The van der Waals surface area contributed by atoms with Gasteiger partial charge in [0, 0.05) is 35.9 Å². The predicted octanol–water partition coefficient (Wildman–Crippen LogP) is 3.93. The van der Waals surface area contributed by atoms with Crippen LogP contribution >= 0.6 is 0 Å². The third-order valence-electron chi connectivity index (χ3n) is 7.29. The first-order valence-corrected chi connectivity index (χ1v) is 14.3. The quantitative estimate of drug-likeness (QED) is 0.389. The van der Waals surface area contributed by atoms with Crippen LogP contribution in [0.3, 0.4) is 0 Å². The maximum Gasteiger partial charge on any atom is 0.229 e. The SMILES string of the molecule is CS(=O)(=O)Nc1ccc2[nH]nc(-c3nc4ccc(N5CCC(N6CCCCC6)CC5)cc4[nH]3)c2c1. The Morgan fingerprint density at radius 3 is 2.54 bits per heavy atom. The molecule has 35 heavy (non-hydrogen) atoms. The molecule has 4 aromatic rings. The number of anilines is 2. The lowest BCUT2D eigenvalue weighted by Gasteiger charge is -2.41. The molecule has 6 rings (SSSR count). The molecule has 2 aromatic heterocycles. The van der Waals surface area contributed by atoms with Crippen LogP contribution in [0, 0.1) is 0 Å². The average Bonchev–Trinajstić information content (AvgIpc) is 3.47. The fourth-order valence-electron chi connectivity index (χ4n) is 5.55. The number of imidazole rings is 1. The monoisotopic (exact) mass is 493 g/mol. The highest BCUT2D eigenvalue weighted by molar-refractivity contribution is 7.92. The minimum atomic E-state index is -3.36. The molecule has 2 saturated heterocycles. The Labute approximate surface area is 205 Å². The predicted molar refractivity (Wildman–Crippen MR) is 140 cm³/mol. The number of rotatable bonds is 5. The van der Waals surface area contributed by atoms with Crippen molar-refractivity contribution >= 4 is 43.3 Å². The molecule has 0 radical (unpaired) electrons. The van der Waals surface area contributed by atoms with Crippen molar-refractivity contribution < 1.29 is 8.42 Å². The molecule has 10 heteroatoms. The fraction of sp³-hybridized carbons (Fsp3) is 0.440. The van der Waals surface area contributed by atoms with E-state index in [2.05, 4.69) is 47.9 Å². The van der Waals surface area contributed by atoms with Crippen LogP contribution in [-0.4, -0.2) is 72.0 Å². The largest absolute Gasteiger partial charge is 0.371 e. The number of fused-ring (bicyclic) bond motifs is 2. The van der Waals surface area contributed by atoms with E-state index in [1.807, 2.05) is 6.07 Å². The van der Waals surface area contributed by atoms with Crippen LogP contribution < -0.4 is 9.62 Å². The first kappa shape index (κ1) is 22.4. The zero-order valence-electron chi connectivity index (χ0n) is 19.9. The first-order chi connectivity index (χ1) is 16.9. The number of nitrogens with zero attached hydrogens (tertiary/aromatic N) is 4. The van der Waals surface area contributed by atoms with Crippen LogP contribution in [0.4, 0.5) is 11.4 Å². The van der Waals surface area contributed by atoms with Crippen molar-refractivity contribution in [2.24, 2.45) is 0 Å². The van der Waals surface area contributed by atoms with Gasteiger partial charge in [0.05, 0.1) is 22.8 Å². The number of nitrogens with one attached hydrogen (secondary N) is 3. The van der Waals surface area contributed by atoms with Gasteiger partial charge in [-0.25, -0.2) is 13.4 Å². The topological polar surface area (TPSA) is 110 Å². The second-order valence-electron chi connectivity index (χ2n) is 9.81. The lowest BCUT2D eigenvalue weighted by atomic mass is 9.99. The van der Waals surface area contributed by atoms with Gasteiger partial charge in [-0.2, -0.15) is 5.10 Å². The molecular weight excluding hydrogens is 462 g/mol. The third kappa shape index (κ3) is 4.60. The molecule has 0 bridgehead atoms. The molecule has 2 aliphatic heterocycles. The summed E-state index contributed by atoms with van der Waals surface area (Å²) in [5.74, 6) is 0.656. The molecule has 2 fully saturated rings. The Bertz CT molecular complexity index is 1460. The second kappa shape index (κ2) is 8.83. The molecule has 0 saturated carbocycles. The summed E-state index contributed by atoms with van der Waals surface area (Å²) in [6, 6.07) is 12.4. The van der Waals surface area contributed by atoms with Crippen LogP contribution in [0.1, 0.15) is 32.1 Å². The molecule has 9 nitrogen and oxygen atoms in total. The normalized spacial score (nSPS) is 18.5. The Kier molecular flexibility index (Phi) is 5.64. The van der Waals surface area contributed by atoms with Crippen molar-refractivity contribution in [3.63, 3.8) is 0 Å². The molecule has 184 valence electrons. The van der Waals surface area contributed by atoms with Crippen molar-refractivity contribution in [2.75, 3.05) is 42.1 Å². The molecular formula is C25H31N7O2S. The highest BCUT2D eigenvalue weighted by Crippen LogP contribution is 2.31. The van der Waals surface area contributed by atoms with E-state index in [1.165, 1.54) is 50.9 Å². The molecule has 0 amide bonds. The summed E-state index contributed by atoms with van der Waals surface area (Å²) in [5.41, 5.74) is 5.05. The summed E-state index contributed by atoms with van der Waals surface area (Å²) in [4.78, 5) is 13.4. The van der Waals surface area contributed by atoms with Crippen LogP contribution in [0.15, 0.2) is 36.4 Å². The van der Waals surface area contributed by atoms with Gasteiger partial charge in [-0.15, -0.1) is 0 Å². The summed E-state index contributed by atoms with van der Waals surface area (Å²) in [6.45, 7) is 4.68. The van der Waals surface area contributed by atoms with Gasteiger partial charge in [0.2, 0.25) is 10.0 Å². The van der Waals surface area contributed by atoms with E-state index in [1.54, 1.807) is 12.1 Å². The van der Waals surface area contributed by atoms with E-state index in [4.69, 9.17) is 4.98 Å². The van der Waals surface area contributed by atoms with Gasteiger partial charge in [0.1, 0.15) is 5.69 Å². The number of H-pyrrole nitrogens is 2. The lowest BCUT2D eigenvalue weighted by molar-refractivity contribution is 0.141. The number of hydrogen-bond donors (Lipinski definition) is 3. The van der Waals surface area contributed by atoms with E-state index in [-0.39, 0.29) is 0 Å². The number of hydrogen-bond acceptors (Lipinski definition) is 6. The summed E-state index contributed by atoms with van der Waals surface area (Å²) >= 11 is 0. The maximum absolute atomic E-state index is 11.6. The molecule has 0 spiro atoms. The smallest absolute Gasteiger partial charge is 0.229 e. The van der Waals surface area contributed by atoms with Crippen LogP contribution in [-0.2, 0) is 10.0 Å². The number of benzene rings is 2. The Morgan fingerprint density at radius 2 is 1.77 bits per heavy atom. The maximum atomic E-state index is 11.6. The van der Waals surface area contributed by atoms with Crippen molar-refractivity contribution in [1.82, 2.24) is 25.1 Å². The zero-order chi connectivity index (χ0) is 24.0. The second-order valence-corrected chi connectivity index (χ2v) is 11.6. The van der Waals surface area contributed by atoms with E-state index < -0.39 is 10.0 Å². The molecule has 3 N–H and O–H groups in total. The number of piperidine rings is 2. The number of sulfonamides is 1. The Morgan fingerprint density at radius 1 is 0.971 bits per heavy atom. The Hall–Kier alpha value is -3.11. The van der Waals surface area contributed by atoms with Gasteiger partial charge in [-0.1, -0.05) is 6.42 Å². The van der Waals surface area contributed by atoms with Crippen molar-refractivity contribution in [2.45, 2.75) is 38.1 Å². The average molecular weight is 494 g/mol. The standard InChI is InChI=1S/C25H31N7O2S/c1-35(33,34)30-17-5-7-21-20(15-17)24(29-28-21)25-26-22-8-6-19(16-23(22)27-25)32-13-9-18(10-14-32)31-11-3-2-4-12-31/h5-8,15-16,18,30H,2-4,9-14H2,1H3,(H,26,27)(H,28,29). The summed E-state index contributed by atoms with van der Waals surface area (Å²) in [7, 11) is -3.36. The summed E-state index contributed by atoms with van der Waals surface area (Å²) in [5, 5.41) is 8.27. The van der Waals surface area contributed by atoms with Crippen molar-refractivity contribution in [3.8, 4) is 11.5 Å². The van der Waals surface area contributed by atoms with Crippen molar-refractivity contribution in [3.05, 3.63) is 36.4 Å². The molecule has 2 aromatic carbocycles. The minimum Gasteiger partial charge on any atom is -0.371 e. The lowest BCUT2D eigenvalue weighted by Crippen LogP contribution is -2.46. The van der Waals surface area contributed by atoms with Crippen LogP contribution in [0.25, 0.3) is 33.5 Å². The molecule has 0 atom stereocenters. The fourth-order valence-corrected chi connectivity index (χ4v) is 6.11. The van der Waals surface area contributed by atoms with Gasteiger partial charge in [-0.3, -0.25) is 9.82 Å². The van der Waals surface area contributed by atoms with Crippen molar-refractivity contribution in [1.29, 1.82) is 0 Å². The zero-order valence-corrected chi connectivity index (χ0v) is 20.7. The number of aromatic amines is 2. The van der Waals surface area contributed by atoms with Gasteiger partial charge >= 0.3 is 0 Å². The molecule has 0 aliphatic carbocycles. The molecule has 4 heterocycles. The van der Waals surface area contributed by atoms with Gasteiger partial charge in [0.15, 0.2) is 5.82 Å². The highest BCUT2D eigenvalue weighted by Gasteiger charge is 2.26. The van der Waals surface area contributed by atoms with E-state index >= 15 is 0 Å². The number of aromatic nitrogens is 4. The summed E-state index contributed by atoms with van der Waals surface area (Å²) in [6.07, 6.45) is 7.65. The molecule has 2 aliphatic rings. The first-order valence-electron chi connectivity index (χ1n) is 12.4. The van der Waals surface area contributed by atoms with Crippen LogP contribution in [0.2, 0.25) is 0 Å². The third-order valence-corrected chi connectivity index (χ3v) is 7.90.